The highest BCUT2D eigenvalue weighted by Gasteiger charge is 2.17. The third-order valence-electron chi connectivity index (χ3n) is 2.89. The molecule has 1 heterocycles. The highest BCUT2D eigenvalue weighted by molar-refractivity contribution is 5.67. The van der Waals surface area contributed by atoms with Gasteiger partial charge in [0.05, 0.1) is 19.6 Å². The minimum Gasteiger partial charge on any atom is -0.488 e. The van der Waals surface area contributed by atoms with E-state index in [4.69, 9.17) is 20.3 Å². The van der Waals surface area contributed by atoms with E-state index in [-0.39, 0.29) is 12.5 Å². The molecule has 0 aromatic heterocycles. The predicted molar refractivity (Wildman–Crippen MR) is 65.5 cm³/mol. The molecule has 98 valence electrons. The summed E-state index contributed by atoms with van der Waals surface area (Å²) in [6, 6.07) is 6.76. The molecule has 0 spiro atoms. The van der Waals surface area contributed by atoms with Crippen molar-refractivity contribution < 1.29 is 19.4 Å². The molecule has 5 heteroatoms. The van der Waals surface area contributed by atoms with Crippen LogP contribution in [-0.4, -0.2) is 30.4 Å². The van der Waals surface area contributed by atoms with Crippen LogP contribution in [0.15, 0.2) is 24.3 Å². The Morgan fingerprint density at radius 2 is 2.22 bits per heavy atom. The maximum atomic E-state index is 10.6. The van der Waals surface area contributed by atoms with E-state index in [1.54, 1.807) is 12.1 Å². The summed E-state index contributed by atoms with van der Waals surface area (Å²) < 4.78 is 10.9. The first kappa shape index (κ1) is 12.9. The number of hydrogen-bond acceptors (Lipinski definition) is 4. The van der Waals surface area contributed by atoms with Crippen LogP contribution in [0.3, 0.4) is 0 Å². The van der Waals surface area contributed by atoms with Crippen molar-refractivity contribution in [2.24, 2.45) is 5.73 Å². The number of benzene rings is 1. The molecule has 2 unspecified atom stereocenters. The van der Waals surface area contributed by atoms with Gasteiger partial charge in [0.15, 0.2) is 0 Å². The van der Waals surface area contributed by atoms with E-state index in [1.807, 2.05) is 12.1 Å². The summed E-state index contributed by atoms with van der Waals surface area (Å²) in [5, 5.41) is 8.67. The first-order chi connectivity index (χ1) is 8.65. The number of rotatable bonds is 5. The number of carboxylic acid groups (broad SMARTS) is 1. The molecular weight excluding hydrogens is 234 g/mol. The first-order valence-electron chi connectivity index (χ1n) is 5.97. The molecule has 0 aliphatic carbocycles. The number of hydrogen-bond donors (Lipinski definition) is 2. The van der Waals surface area contributed by atoms with Gasteiger partial charge < -0.3 is 20.3 Å². The topological polar surface area (TPSA) is 81.8 Å². The maximum absolute atomic E-state index is 10.6. The van der Waals surface area contributed by atoms with Crippen molar-refractivity contribution in [2.45, 2.75) is 25.0 Å². The quantitative estimate of drug-likeness (QED) is 0.825. The minimum atomic E-state index is -0.897. The molecule has 0 bridgehead atoms. The van der Waals surface area contributed by atoms with Crippen molar-refractivity contribution in [1.82, 2.24) is 0 Å². The second-order valence-corrected chi connectivity index (χ2v) is 4.38. The monoisotopic (exact) mass is 251 g/mol. The van der Waals surface area contributed by atoms with E-state index in [0.29, 0.717) is 6.61 Å². The maximum Gasteiger partial charge on any atom is 0.305 e. The van der Waals surface area contributed by atoms with Gasteiger partial charge >= 0.3 is 5.97 Å². The van der Waals surface area contributed by atoms with Crippen LogP contribution in [0.25, 0.3) is 0 Å². The van der Waals surface area contributed by atoms with Crippen LogP contribution >= 0.6 is 0 Å². The third-order valence-corrected chi connectivity index (χ3v) is 2.89. The second-order valence-electron chi connectivity index (χ2n) is 4.38. The molecular formula is C13H17NO4. The SMILES string of the molecule is NC(CC(=O)O)c1ccc(OC2CCOC2)cc1. The van der Waals surface area contributed by atoms with E-state index in [2.05, 4.69) is 0 Å². The van der Waals surface area contributed by atoms with Crippen molar-refractivity contribution in [3.8, 4) is 5.75 Å². The Bertz CT molecular complexity index is 398. The summed E-state index contributed by atoms with van der Waals surface area (Å²) in [4.78, 5) is 10.6. The molecule has 18 heavy (non-hydrogen) atoms. The molecule has 1 fully saturated rings. The highest BCUT2D eigenvalue weighted by atomic mass is 16.5. The number of carboxylic acids is 1. The molecule has 5 nitrogen and oxygen atoms in total. The van der Waals surface area contributed by atoms with Gasteiger partial charge in [0.25, 0.3) is 0 Å². The van der Waals surface area contributed by atoms with Gasteiger partial charge in [-0.1, -0.05) is 12.1 Å². The number of ether oxygens (including phenoxy) is 2. The van der Waals surface area contributed by atoms with Crippen LogP contribution in [0, 0.1) is 0 Å². The lowest BCUT2D eigenvalue weighted by Gasteiger charge is -2.13. The Labute approximate surface area is 106 Å². The van der Waals surface area contributed by atoms with E-state index >= 15 is 0 Å². The number of nitrogens with two attached hydrogens (primary N) is 1. The Morgan fingerprint density at radius 3 is 2.78 bits per heavy atom. The molecule has 0 amide bonds. The Balaban J connectivity index is 1.94. The normalized spacial score (nSPS) is 20.6. The van der Waals surface area contributed by atoms with Gasteiger partial charge in [-0.2, -0.15) is 0 Å². The van der Waals surface area contributed by atoms with Gasteiger partial charge in [0, 0.05) is 12.5 Å². The summed E-state index contributed by atoms with van der Waals surface area (Å²) >= 11 is 0. The van der Waals surface area contributed by atoms with Crippen LogP contribution in [0.4, 0.5) is 0 Å². The molecule has 1 aliphatic rings. The summed E-state index contributed by atoms with van der Waals surface area (Å²) in [5.74, 6) is -0.136. The smallest absolute Gasteiger partial charge is 0.305 e. The molecule has 3 N–H and O–H groups in total. The average molecular weight is 251 g/mol. The molecule has 0 saturated carbocycles. The fourth-order valence-corrected chi connectivity index (χ4v) is 1.90. The lowest BCUT2D eigenvalue weighted by atomic mass is 10.0. The van der Waals surface area contributed by atoms with E-state index < -0.39 is 12.0 Å². The number of aliphatic carboxylic acids is 1. The fourth-order valence-electron chi connectivity index (χ4n) is 1.90. The van der Waals surface area contributed by atoms with Gasteiger partial charge in [-0.15, -0.1) is 0 Å². The largest absolute Gasteiger partial charge is 0.488 e. The lowest BCUT2D eigenvalue weighted by Crippen LogP contribution is -2.16. The van der Waals surface area contributed by atoms with E-state index in [1.165, 1.54) is 0 Å². The second kappa shape index (κ2) is 5.84. The Hall–Kier alpha value is -1.59. The van der Waals surface area contributed by atoms with Gasteiger partial charge in [-0.25, -0.2) is 0 Å². The zero-order chi connectivity index (χ0) is 13.0. The van der Waals surface area contributed by atoms with Crippen molar-refractivity contribution in [1.29, 1.82) is 0 Å². The predicted octanol–water partition coefficient (Wildman–Crippen LogP) is 1.33. The van der Waals surface area contributed by atoms with Crippen LogP contribution in [-0.2, 0) is 9.53 Å². The van der Waals surface area contributed by atoms with Crippen LogP contribution < -0.4 is 10.5 Å². The zero-order valence-corrected chi connectivity index (χ0v) is 10.0. The van der Waals surface area contributed by atoms with Gasteiger partial charge in [-0.05, 0) is 17.7 Å². The molecule has 1 aromatic carbocycles. The summed E-state index contributed by atoms with van der Waals surface area (Å²) in [5.41, 5.74) is 6.57. The summed E-state index contributed by atoms with van der Waals surface area (Å²) in [6.07, 6.45) is 0.945. The molecule has 0 radical (unpaired) electrons. The average Bonchev–Trinajstić information content (AvgIpc) is 2.82. The number of carbonyl (C=O) groups is 1. The third kappa shape index (κ3) is 3.45. The zero-order valence-electron chi connectivity index (χ0n) is 10.0. The first-order valence-corrected chi connectivity index (χ1v) is 5.97. The van der Waals surface area contributed by atoms with Gasteiger partial charge in [0.1, 0.15) is 11.9 Å². The summed E-state index contributed by atoms with van der Waals surface area (Å²) in [7, 11) is 0. The minimum absolute atomic E-state index is 0.0727. The van der Waals surface area contributed by atoms with Gasteiger partial charge in [-0.3, -0.25) is 4.79 Å². The molecule has 1 saturated heterocycles. The molecule has 1 aromatic rings. The van der Waals surface area contributed by atoms with Gasteiger partial charge in [0.2, 0.25) is 0 Å². The Kier molecular flexibility index (Phi) is 4.17. The van der Waals surface area contributed by atoms with Crippen LogP contribution in [0.2, 0.25) is 0 Å². The van der Waals surface area contributed by atoms with Crippen molar-refractivity contribution >= 4 is 5.97 Å². The van der Waals surface area contributed by atoms with Crippen LogP contribution in [0.1, 0.15) is 24.4 Å². The van der Waals surface area contributed by atoms with Crippen molar-refractivity contribution in [3.63, 3.8) is 0 Å². The van der Waals surface area contributed by atoms with Crippen LogP contribution in [0.5, 0.6) is 5.75 Å². The molecule has 2 rings (SSSR count). The van der Waals surface area contributed by atoms with Crippen molar-refractivity contribution in [2.75, 3.05) is 13.2 Å². The van der Waals surface area contributed by atoms with Crippen molar-refractivity contribution in [3.05, 3.63) is 29.8 Å². The fraction of sp³-hybridized carbons (Fsp3) is 0.462. The summed E-state index contributed by atoms with van der Waals surface area (Å²) in [6.45, 7) is 1.37. The lowest BCUT2D eigenvalue weighted by molar-refractivity contribution is -0.137. The Morgan fingerprint density at radius 1 is 1.50 bits per heavy atom. The van der Waals surface area contributed by atoms with E-state index in [9.17, 15) is 4.79 Å². The molecule has 1 aliphatic heterocycles. The molecule has 2 atom stereocenters. The van der Waals surface area contributed by atoms with E-state index in [0.717, 1.165) is 24.3 Å². The highest BCUT2D eigenvalue weighted by Crippen LogP contribution is 2.21. The standard InChI is InChI=1S/C13H17NO4/c14-12(7-13(15)16)9-1-3-10(4-2-9)18-11-5-6-17-8-11/h1-4,11-12H,5-8,14H2,(H,15,16).